The normalized spacial score (nSPS) is 38.8. The molecule has 6 rings (SSSR count). The van der Waals surface area contributed by atoms with Crippen LogP contribution in [0.4, 0.5) is 0 Å². The van der Waals surface area contributed by atoms with E-state index < -0.39 is 0 Å². The summed E-state index contributed by atoms with van der Waals surface area (Å²) in [7, 11) is 0. The molecule has 0 radical (unpaired) electrons. The second kappa shape index (κ2) is 10.1. The Morgan fingerprint density at radius 1 is 0.788 bits per heavy atom. The molecule has 0 bridgehead atoms. The van der Waals surface area contributed by atoms with Gasteiger partial charge in [0.1, 0.15) is 0 Å². The molecular weight excluding hydrogens is 424 g/mol. The van der Waals surface area contributed by atoms with E-state index in [4.69, 9.17) is 28.4 Å². The molecule has 4 aliphatic heterocycles. The number of ether oxygens (including phenoxy) is 6. The minimum Gasteiger partial charge on any atom is -0.465 e. The summed E-state index contributed by atoms with van der Waals surface area (Å²) in [6, 6.07) is 0. The van der Waals surface area contributed by atoms with Gasteiger partial charge in [0, 0.05) is 10.8 Å². The van der Waals surface area contributed by atoms with Gasteiger partial charge in [-0.05, 0) is 57.3 Å². The highest BCUT2D eigenvalue weighted by Gasteiger charge is 2.47. The zero-order chi connectivity index (χ0) is 22.9. The van der Waals surface area contributed by atoms with E-state index in [0.717, 1.165) is 91.0 Å². The largest absolute Gasteiger partial charge is 0.465 e. The van der Waals surface area contributed by atoms with Gasteiger partial charge in [-0.15, -0.1) is 0 Å². The molecule has 6 unspecified atom stereocenters. The van der Waals surface area contributed by atoms with E-state index in [1.54, 1.807) is 0 Å². The van der Waals surface area contributed by atoms with E-state index >= 15 is 0 Å². The van der Waals surface area contributed by atoms with Crippen molar-refractivity contribution < 1.29 is 33.2 Å². The first-order chi connectivity index (χ1) is 16.0. The summed E-state index contributed by atoms with van der Waals surface area (Å²) in [5.41, 5.74) is 0.638. The van der Waals surface area contributed by atoms with Crippen LogP contribution in [-0.4, -0.2) is 76.6 Å². The average molecular weight is 467 g/mol. The molecule has 6 aliphatic rings. The topological polar surface area (TPSA) is 79.1 Å². The van der Waals surface area contributed by atoms with Crippen molar-refractivity contribution in [3.05, 3.63) is 0 Å². The van der Waals surface area contributed by atoms with Crippen molar-refractivity contribution in [2.75, 3.05) is 46.2 Å². The molecule has 188 valence electrons. The van der Waals surface area contributed by atoms with E-state index in [1.165, 1.54) is 0 Å². The molecule has 4 heterocycles. The third-order valence-electron chi connectivity index (χ3n) is 8.86. The molecular formula is C26H42O7. The molecule has 2 saturated carbocycles. The van der Waals surface area contributed by atoms with Gasteiger partial charge in [-0.25, -0.2) is 0 Å². The SMILES string of the molecule is CCC1(COCC2(CC)COC2)COC1.O=C(OCC1CCC2OC2C1)C1CCC2OC2C1. The van der Waals surface area contributed by atoms with Crippen LogP contribution in [0.2, 0.25) is 0 Å². The van der Waals surface area contributed by atoms with Crippen LogP contribution in [0.25, 0.3) is 0 Å². The van der Waals surface area contributed by atoms with Crippen molar-refractivity contribution in [1.29, 1.82) is 0 Å². The molecule has 0 spiro atoms. The summed E-state index contributed by atoms with van der Waals surface area (Å²) in [6.45, 7) is 10.2. The highest BCUT2D eigenvalue weighted by atomic mass is 16.6. The van der Waals surface area contributed by atoms with Crippen LogP contribution < -0.4 is 0 Å². The smallest absolute Gasteiger partial charge is 0.309 e. The summed E-state index contributed by atoms with van der Waals surface area (Å²) >= 11 is 0. The lowest BCUT2D eigenvalue weighted by Crippen LogP contribution is -2.49. The van der Waals surface area contributed by atoms with Crippen molar-refractivity contribution in [3.63, 3.8) is 0 Å². The molecule has 0 aromatic rings. The molecule has 33 heavy (non-hydrogen) atoms. The molecule has 2 aliphatic carbocycles. The molecule has 0 aromatic heterocycles. The molecule has 7 heteroatoms. The van der Waals surface area contributed by atoms with E-state index in [9.17, 15) is 4.79 Å². The molecule has 0 N–H and O–H groups in total. The van der Waals surface area contributed by atoms with Crippen molar-refractivity contribution >= 4 is 5.97 Å². The fourth-order valence-corrected chi connectivity index (χ4v) is 5.62. The third kappa shape index (κ3) is 5.75. The fraction of sp³-hybridized carbons (Fsp3) is 0.962. The first kappa shape index (κ1) is 24.0. The summed E-state index contributed by atoms with van der Waals surface area (Å²) in [5.74, 6) is 0.608. The zero-order valence-corrected chi connectivity index (χ0v) is 20.4. The first-order valence-corrected chi connectivity index (χ1v) is 13.2. The monoisotopic (exact) mass is 466 g/mol. The standard InChI is InChI=1S/C14H20O4.C12H22O3/c15-14(9-2-4-11-13(6-9)18-11)16-7-8-1-3-10-12(5-8)17-10;1-3-11(5-13-6-11)9-15-10-12(4-2)7-14-8-12/h8-13H,1-7H2;3-10H2,1-2H3. The fourth-order valence-electron chi connectivity index (χ4n) is 5.62. The van der Waals surface area contributed by atoms with Crippen molar-refractivity contribution in [2.24, 2.45) is 22.7 Å². The van der Waals surface area contributed by atoms with Crippen LogP contribution >= 0.6 is 0 Å². The number of hydrogen-bond donors (Lipinski definition) is 0. The van der Waals surface area contributed by atoms with E-state index in [2.05, 4.69) is 13.8 Å². The van der Waals surface area contributed by atoms with E-state index in [-0.39, 0.29) is 11.9 Å². The Kier molecular flexibility index (Phi) is 7.34. The van der Waals surface area contributed by atoms with Crippen LogP contribution in [0, 0.1) is 22.7 Å². The van der Waals surface area contributed by atoms with Gasteiger partial charge in [0.25, 0.3) is 0 Å². The first-order valence-electron chi connectivity index (χ1n) is 13.2. The van der Waals surface area contributed by atoms with Crippen molar-refractivity contribution in [1.82, 2.24) is 0 Å². The number of fused-ring (bicyclic) bond motifs is 2. The summed E-state index contributed by atoms with van der Waals surface area (Å²) < 4.78 is 32.9. The molecule has 0 amide bonds. The van der Waals surface area contributed by atoms with Gasteiger partial charge in [0.05, 0.1) is 76.6 Å². The Hall–Kier alpha value is -0.730. The van der Waals surface area contributed by atoms with Gasteiger partial charge >= 0.3 is 5.97 Å². The molecule has 7 nitrogen and oxygen atoms in total. The summed E-state index contributed by atoms with van der Waals surface area (Å²) in [5, 5.41) is 0. The van der Waals surface area contributed by atoms with Crippen LogP contribution in [-0.2, 0) is 33.2 Å². The van der Waals surface area contributed by atoms with Crippen LogP contribution in [0.3, 0.4) is 0 Å². The Labute approximate surface area is 198 Å². The Morgan fingerprint density at radius 3 is 1.85 bits per heavy atom. The van der Waals surface area contributed by atoms with Gasteiger partial charge in [-0.3, -0.25) is 4.79 Å². The van der Waals surface area contributed by atoms with Gasteiger partial charge in [-0.1, -0.05) is 13.8 Å². The van der Waals surface area contributed by atoms with Gasteiger partial charge in [0.2, 0.25) is 0 Å². The lowest BCUT2D eigenvalue weighted by molar-refractivity contribution is -0.187. The maximum atomic E-state index is 12.0. The van der Waals surface area contributed by atoms with Crippen LogP contribution in [0.1, 0.15) is 65.2 Å². The predicted molar refractivity (Wildman–Crippen MR) is 121 cm³/mol. The number of esters is 1. The second-order valence-corrected chi connectivity index (χ2v) is 11.4. The Bertz CT molecular complexity index is 641. The van der Waals surface area contributed by atoms with Crippen LogP contribution in [0.15, 0.2) is 0 Å². The zero-order valence-electron chi connectivity index (χ0n) is 20.4. The quantitative estimate of drug-likeness (QED) is 0.380. The van der Waals surface area contributed by atoms with E-state index in [1.807, 2.05) is 0 Å². The number of carbonyl (C=O) groups excluding carboxylic acids is 1. The number of carbonyl (C=O) groups is 1. The van der Waals surface area contributed by atoms with Crippen LogP contribution in [0.5, 0.6) is 0 Å². The minimum atomic E-state index is 0.00258. The highest BCUT2D eigenvalue weighted by molar-refractivity contribution is 5.72. The maximum Gasteiger partial charge on any atom is 0.309 e. The molecule has 0 aromatic carbocycles. The average Bonchev–Trinajstić information content (AvgIpc) is 3.69. The number of epoxide rings is 2. The maximum absolute atomic E-state index is 12.0. The Morgan fingerprint density at radius 2 is 1.36 bits per heavy atom. The predicted octanol–water partition coefficient (Wildman–Crippen LogP) is 3.52. The molecule has 6 fully saturated rings. The van der Waals surface area contributed by atoms with Gasteiger partial charge in [0.15, 0.2) is 0 Å². The molecule has 4 saturated heterocycles. The lowest BCUT2D eigenvalue weighted by Gasteiger charge is -2.44. The van der Waals surface area contributed by atoms with Crippen molar-refractivity contribution in [2.45, 2.75) is 89.6 Å². The van der Waals surface area contributed by atoms with Gasteiger partial charge < -0.3 is 28.4 Å². The summed E-state index contributed by atoms with van der Waals surface area (Å²) in [6.07, 6.45) is 10.3. The minimum absolute atomic E-state index is 0.00258. The number of hydrogen-bond acceptors (Lipinski definition) is 7. The number of rotatable bonds is 9. The Balaban J connectivity index is 0.000000141. The highest BCUT2D eigenvalue weighted by Crippen LogP contribution is 2.41. The van der Waals surface area contributed by atoms with E-state index in [0.29, 0.717) is 47.8 Å². The summed E-state index contributed by atoms with van der Waals surface area (Å²) in [4.78, 5) is 12.0. The molecule has 6 atom stereocenters. The second-order valence-electron chi connectivity index (χ2n) is 11.4. The van der Waals surface area contributed by atoms with Crippen molar-refractivity contribution in [3.8, 4) is 0 Å². The van der Waals surface area contributed by atoms with Gasteiger partial charge in [-0.2, -0.15) is 0 Å². The third-order valence-corrected chi connectivity index (χ3v) is 8.86. The lowest BCUT2D eigenvalue weighted by atomic mass is 9.83.